The van der Waals surface area contributed by atoms with Crippen LogP contribution in [0.15, 0.2) is 59.8 Å². The molecule has 0 aliphatic carbocycles. The maximum absolute atomic E-state index is 10.6. The van der Waals surface area contributed by atoms with Crippen molar-refractivity contribution in [1.82, 2.24) is 0 Å². The highest BCUT2D eigenvalue weighted by molar-refractivity contribution is 5.71. The fourth-order valence-electron chi connectivity index (χ4n) is 1.43. The zero-order valence-electron chi connectivity index (χ0n) is 8.45. The topological polar surface area (TPSA) is 52.9 Å². The minimum atomic E-state index is 0.203. The van der Waals surface area contributed by atoms with Crippen molar-refractivity contribution in [2.75, 3.05) is 5.06 Å². The summed E-state index contributed by atoms with van der Waals surface area (Å²) in [7, 11) is 0. The molecular formula is C12H10N2O2. The van der Waals surface area contributed by atoms with Crippen LogP contribution < -0.4 is 5.06 Å². The SMILES string of the molecule is O=Nc1ccccc1N(O)c1ccccc1. The van der Waals surface area contributed by atoms with Gasteiger partial charge in [0.25, 0.3) is 0 Å². The van der Waals surface area contributed by atoms with E-state index in [0.717, 1.165) is 5.06 Å². The van der Waals surface area contributed by atoms with Gasteiger partial charge in [-0.05, 0) is 29.4 Å². The highest BCUT2D eigenvalue weighted by Crippen LogP contribution is 2.31. The van der Waals surface area contributed by atoms with Crippen LogP contribution >= 0.6 is 0 Å². The summed E-state index contributed by atoms with van der Waals surface area (Å²) in [5.41, 5.74) is 1.15. The van der Waals surface area contributed by atoms with Crippen LogP contribution in [0.3, 0.4) is 0 Å². The largest absolute Gasteiger partial charge is 0.283 e. The summed E-state index contributed by atoms with van der Waals surface area (Å²) in [4.78, 5) is 10.6. The predicted molar refractivity (Wildman–Crippen MR) is 62.3 cm³/mol. The Kier molecular flexibility index (Phi) is 2.93. The molecule has 0 unspecified atom stereocenters. The molecule has 4 heteroatoms. The van der Waals surface area contributed by atoms with Gasteiger partial charge in [0.15, 0.2) is 0 Å². The summed E-state index contributed by atoms with van der Waals surface area (Å²) in [5, 5.41) is 13.7. The third kappa shape index (κ3) is 1.92. The van der Waals surface area contributed by atoms with E-state index in [4.69, 9.17) is 0 Å². The third-order valence-corrected chi connectivity index (χ3v) is 2.21. The van der Waals surface area contributed by atoms with E-state index in [2.05, 4.69) is 5.18 Å². The van der Waals surface area contributed by atoms with Crippen molar-refractivity contribution in [1.29, 1.82) is 0 Å². The van der Waals surface area contributed by atoms with E-state index in [1.54, 1.807) is 48.5 Å². The number of rotatable bonds is 3. The molecule has 0 fully saturated rings. The molecule has 0 atom stereocenters. The first-order valence-electron chi connectivity index (χ1n) is 4.79. The summed E-state index contributed by atoms with van der Waals surface area (Å²) >= 11 is 0. The molecule has 0 aliphatic rings. The average molecular weight is 214 g/mol. The van der Waals surface area contributed by atoms with Gasteiger partial charge in [-0.3, -0.25) is 5.21 Å². The first kappa shape index (κ1) is 10.3. The van der Waals surface area contributed by atoms with Crippen LogP contribution in [0.1, 0.15) is 0 Å². The quantitative estimate of drug-likeness (QED) is 0.627. The van der Waals surface area contributed by atoms with Crippen molar-refractivity contribution < 1.29 is 5.21 Å². The van der Waals surface area contributed by atoms with E-state index in [1.165, 1.54) is 0 Å². The van der Waals surface area contributed by atoms with Gasteiger partial charge in [0.2, 0.25) is 0 Å². The number of nitroso groups, excluding NO2 is 1. The Hall–Kier alpha value is -2.20. The van der Waals surface area contributed by atoms with Gasteiger partial charge in [-0.25, -0.2) is 5.06 Å². The van der Waals surface area contributed by atoms with Crippen molar-refractivity contribution in [2.45, 2.75) is 0 Å². The normalized spacial score (nSPS) is 9.81. The maximum Gasteiger partial charge on any atom is 0.134 e. The predicted octanol–water partition coefficient (Wildman–Crippen LogP) is 3.61. The Bertz CT molecular complexity index is 485. The Labute approximate surface area is 92.7 Å². The van der Waals surface area contributed by atoms with Gasteiger partial charge in [-0.2, -0.15) is 0 Å². The highest BCUT2D eigenvalue weighted by atomic mass is 16.5. The molecule has 4 nitrogen and oxygen atoms in total. The van der Waals surface area contributed by atoms with E-state index < -0.39 is 0 Å². The summed E-state index contributed by atoms with van der Waals surface area (Å²) in [5.74, 6) is 0. The van der Waals surface area contributed by atoms with E-state index in [1.807, 2.05) is 6.07 Å². The zero-order valence-corrected chi connectivity index (χ0v) is 8.45. The smallest absolute Gasteiger partial charge is 0.134 e. The first-order valence-corrected chi connectivity index (χ1v) is 4.79. The van der Waals surface area contributed by atoms with Crippen LogP contribution in [0.5, 0.6) is 0 Å². The van der Waals surface area contributed by atoms with Gasteiger partial charge in [0.05, 0.1) is 11.4 Å². The average Bonchev–Trinajstić information content (AvgIpc) is 2.39. The van der Waals surface area contributed by atoms with Gasteiger partial charge in [0.1, 0.15) is 5.69 Å². The fraction of sp³-hybridized carbons (Fsp3) is 0. The second kappa shape index (κ2) is 4.55. The minimum Gasteiger partial charge on any atom is -0.283 e. The summed E-state index contributed by atoms with van der Waals surface area (Å²) in [6.07, 6.45) is 0. The second-order valence-corrected chi connectivity index (χ2v) is 3.23. The van der Waals surface area contributed by atoms with Crippen LogP contribution in [0.4, 0.5) is 17.1 Å². The number of hydrogen-bond acceptors (Lipinski definition) is 4. The third-order valence-electron chi connectivity index (χ3n) is 2.21. The highest BCUT2D eigenvalue weighted by Gasteiger charge is 2.10. The van der Waals surface area contributed by atoms with Gasteiger partial charge in [-0.1, -0.05) is 30.3 Å². The molecule has 2 aromatic rings. The fourth-order valence-corrected chi connectivity index (χ4v) is 1.43. The first-order chi connectivity index (χ1) is 7.83. The number of anilines is 2. The van der Waals surface area contributed by atoms with Crippen LogP contribution in [-0.4, -0.2) is 5.21 Å². The lowest BCUT2D eigenvalue weighted by molar-refractivity contribution is 0.301. The van der Waals surface area contributed by atoms with Crippen molar-refractivity contribution in [2.24, 2.45) is 5.18 Å². The van der Waals surface area contributed by atoms with Crippen molar-refractivity contribution in [3.8, 4) is 0 Å². The van der Waals surface area contributed by atoms with E-state index >= 15 is 0 Å². The Morgan fingerprint density at radius 3 is 2.25 bits per heavy atom. The summed E-state index contributed by atoms with van der Waals surface area (Å²) in [6, 6.07) is 15.5. The molecule has 16 heavy (non-hydrogen) atoms. The van der Waals surface area contributed by atoms with Gasteiger partial charge in [0, 0.05) is 0 Å². The Balaban J connectivity index is 2.41. The Morgan fingerprint density at radius 2 is 1.56 bits per heavy atom. The molecule has 0 aromatic heterocycles. The Morgan fingerprint density at radius 1 is 0.938 bits per heavy atom. The monoisotopic (exact) mass is 214 g/mol. The molecule has 0 spiro atoms. The molecule has 0 aliphatic heterocycles. The van der Waals surface area contributed by atoms with Crippen LogP contribution in [0.25, 0.3) is 0 Å². The summed E-state index contributed by atoms with van der Waals surface area (Å²) < 4.78 is 0. The summed E-state index contributed by atoms with van der Waals surface area (Å²) in [6.45, 7) is 0. The standard InChI is InChI=1S/C12H10N2O2/c15-13-11-8-4-5-9-12(11)14(16)10-6-2-1-3-7-10/h1-9,16H. The molecule has 2 aromatic carbocycles. The maximum atomic E-state index is 10.6. The van der Waals surface area contributed by atoms with Gasteiger partial charge in [-0.15, -0.1) is 4.91 Å². The van der Waals surface area contributed by atoms with E-state index in [0.29, 0.717) is 11.4 Å². The molecule has 1 N–H and O–H groups in total. The zero-order chi connectivity index (χ0) is 11.4. The van der Waals surface area contributed by atoms with Gasteiger partial charge >= 0.3 is 0 Å². The molecule has 0 saturated heterocycles. The number of para-hydroxylation sites is 2. The lowest BCUT2D eigenvalue weighted by Gasteiger charge is -2.17. The van der Waals surface area contributed by atoms with Crippen LogP contribution in [0, 0.1) is 4.91 Å². The van der Waals surface area contributed by atoms with E-state index in [-0.39, 0.29) is 5.69 Å². The molecule has 2 rings (SSSR count). The molecule has 0 radical (unpaired) electrons. The van der Waals surface area contributed by atoms with Crippen LogP contribution in [-0.2, 0) is 0 Å². The van der Waals surface area contributed by atoms with Gasteiger partial charge < -0.3 is 0 Å². The second-order valence-electron chi connectivity index (χ2n) is 3.23. The molecule has 0 heterocycles. The number of benzene rings is 2. The molecule has 0 bridgehead atoms. The van der Waals surface area contributed by atoms with Crippen LogP contribution in [0.2, 0.25) is 0 Å². The molecule has 0 saturated carbocycles. The van der Waals surface area contributed by atoms with Crippen molar-refractivity contribution in [3.63, 3.8) is 0 Å². The molecule has 0 amide bonds. The van der Waals surface area contributed by atoms with E-state index in [9.17, 15) is 10.1 Å². The van der Waals surface area contributed by atoms with Crippen molar-refractivity contribution >= 4 is 17.1 Å². The minimum absolute atomic E-state index is 0.203. The molecule has 80 valence electrons. The number of nitrogens with zero attached hydrogens (tertiary/aromatic N) is 2. The molecular weight excluding hydrogens is 204 g/mol. The van der Waals surface area contributed by atoms with Crippen molar-refractivity contribution in [3.05, 3.63) is 59.5 Å². The number of hydrogen-bond donors (Lipinski definition) is 1. The lowest BCUT2D eigenvalue weighted by Crippen LogP contribution is -2.10. The lowest BCUT2D eigenvalue weighted by atomic mass is 10.2.